The molecule has 6 nitrogen and oxygen atoms in total. The van der Waals surface area contributed by atoms with Gasteiger partial charge in [-0.25, -0.2) is 13.1 Å². The summed E-state index contributed by atoms with van der Waals surface area (Å²) in [6.07, 6.45) is 12.5. The summed E-state index contributed by atoms with van der Waals surface area (Å²) in [6, 6.07) is 3.22. The molecule has 1 aliphatic heterocycles. The zero-order valence-electron chi connectivity index (χ0n) is 18.7. The topological polar surface area (TPSA) is 77.4 Å². The number of hydrogen-bond donors (Lipinski definition) is 1. The lowest BCUT2D eigenvalue weighted by atomic mass is 9.84. The van der Waals surface area contributed by atoms with E-state index < -0.39 is 10.0 Å². The average Bonchev–Trinajstić information content (AvgIpc) is 2.70. The quantitative estimate of drug-likeness (QED) is 0.596. The van der Waals surface area contributed by atoms with Gasteiger partial charge in [0.1, 0.15) is 0 Å². The van der Waals surface area contributed by atoms with Crippen LogP contribution in [0.4, 0.5) is 0 Å². The maximum Gasteiger partial charge on any atom is 0.254 e. The first-order valence-corrected chi connectivity index (χ1v) is 13.5. The summed E-state index contributed by atoms with van der Waals surface area (Å²) in [5, 5.41) is 0. The normalized spacial score (nSPS) is 27.0. The van der Waals surface area contributed by atoms with Crippen LogP contribution in [0.25, 0.3) is 0 Å². The number of aromatic nitrogens is 1. The van der Waals surface area contributed by atoms with E-state index in [0.717, 1.165) is 24.5 Å². The molecule has 30 heavy (non-hydrogen) atoms. The van der Waals surface area contributed by atoms with Gasteiger partial charge in [-0.3, -0.25) is 4.79 Å². The van der Waals surface area contributed by atoms with Gasteiger partial charge in [0.05, 0.1) is 25.0 Å². The van der Waals surface area contributed by atoms with Crippen LogP contribution in [0.1, 0.15) is 82.0 Å². The van der Waals surface area contributed by atoms with Gasteiger partial charge in [-0.2, -0.15) is 0 Å². The summed E-state index contributed by atoms with van der Waals surface area (Å²) in [5.41, 5.74) is 1.60. The molecular formula is C23H38N2O4S. The van der Waals surface area contributed by atoms with Crippen LogP contribution in [0.3, 0.4) is 0 Å². The summed E-state index contributed by atoms with van der Waals surface area (Å²) in [7, 11) is -3.36. The molecule has 1 aliphatic carbocycles. The maximum absolute atomic E-state index is 12.9. The molecule has 7 heteroatoms. The van der Waals surface area contributed by atoms with Gasteiger partial charge in [-0.05, 0) is 57.4 Å². The zero-order valence-corrected chi connectivity index (χ0v) is 19.5. The highest BCUT2D eigenvalue weighted by molar-refractivity contribution is 7.88. The predicted octanol–water partition coefficient (Wildman–Crippen LogP) is 3.72. The van der Waals surface area contributed by atoms with Crippen molar-refractivity contribution in [3.63, 3.8) is 0 Å². The first kappa shape index (κ1) is 23.5. The predicted molar refractivity (Wildman–Crippen MR) is 120 cm³/mol. The molecule has 2 heterocycles. The molecule has 0 bridgehead atoms. The van der Waals surface area contributed by atoms with Gasteiger partial charge in [-0.15, -0.1) is 0 Å². The second-order valence-electron chi connectivity index (χ2n) is 9.26. The monoisotopic (exact) mass is 438 g/mol. The van der Waals surface area contributed by atoms with Crippen molar-refractivity contribution in [3.8, 4) is 0 Å². The lowest BCUT2D eigenvalue weighted by Crippen LogP contribution is -2.49. The molecule has 1 fully saturated rings. The highest BCUT2D eigenvalue weighted by atomic mass is 32.2. The minimum Gasteiger partial charge on any atom is -0.376 e. The number of ether oxygens (including phenoxy) is 1. The number of nitrogens with one attached hydrogen (secondary N) is 1. The molecule has 1 N–H and O–H groups in total. The van der Waals surface area contributed by atoms with E-state index in [4.69, 9.17) is 4.74 Å². The fourth-order valence-electron chi connectivity index (χ4n) is 5.04. The van der Waals surface area contributed by atoms with Crippen LogP contribution in [-0.2, 0) is 21.2 Å². The Morgan fingerprint density at radius 1 is 1.13 bits per heavy atom. The van der Waals surface area contributed by atoms with Crippen molar-refractivity contribution in [2.45, 2.75) is 96.2 Å². The Bertz CT molecular complexity index is 856. The van der Waals surface area contributed by atoms with Crippen LogP contribution in [0.2, 0.25) is 0 Å². The first-order valence-electron chi connectivity index (χ1n) is 11.6. The van der Waals surface area contributed by atoms with Crippen LogP contribution < -0.4 is 10.3 Å². The Morgan fingerprint density at radius 3 is 2.53 bits per heavy atom. The van der Waals surface area contributed by atoms with E-state index in [-0.39, 0.29) is 23.7 Å². The third kappa shape index (κ3) is 6.17. The van der Waals surface area contributed by atoms with Gasteiger partial charge in [0.25, 0.3) is 5.56 Å². The number of unbranched alkanes of at least 4 members (excludes halogenated alkanes) is 2. The zero-order chi connectivity index (χ0) is 21.7. The Labute approximate surface area is 181 Å². The van der Waals surface area contributed by atoms with Crippen LogP contribution in [0, 0.1) is 12.8 Å². The second kappa shape index (κ2) is 10.4. The van der Waals surface area contributed by atoms with Crippen molar-refractivity contribution in [1.82, 2.24) is 9.29 Å². The SMILES string of the molecule is CCCCCC1CCC(OC[C@H]2[C@@H](NS(C)(=O)=O)CCc3ccc(C)c(=O)n32)CC1. The molecule has 0 saturated heterocycles. The summed E-state index contributed by atoms with van der Waals surface area (Å²) in [6.45, 7) is 4.42. The van der Waals surface area contributed by atoms with E-state index in [1.54, 1.807) is 11.5 Å². The standard InChI is InChI=1S/C23H38N2O4S/c1-4-5-6-7-18-9-13-20(14-10-18)29-16-22-21(24-30(3,27)28)15-12-19-11-8-17(2)23(26)25(19)22/h8,11,18,20-22,24H,4-7,9-10,12-16H2,1-3H3/t18?,20?,21-,22-/m0/s1. The largest absolute Gasteiger partial charge is 0.376 e. The van der Waals surface area contributed by atoms with Gasteiger partial charge < -0.3 is 9.30 Å². The van der Waals surface area contributed by atoms with E-state index >= 15 is 0 Å². The Balaban J connectivity index is 1.66. The molecule has 0 unspecified atom stereocenters. The summed E-state index contributed by atoms with van der Waals surface area (Å²) in [5.74, 6) is 0.816. The molecule has 2 atom stereocenters. The van der Waals surface area contributed by atoms with Crippen LogP contribution in [0.5, 0.6) is 0 Å². The fourth-order valence-corrected chi connectivity index (χ4v) is 5.87. The van der Waals surface area contributed by atoms with Crippen LogP contribution >= 0.6 is 0 Å². The fraction of sp³-hybridized carbons (Fsp3) is 0.783. The first-order chi connectivity index (χ1) is 14.3. The van der Waals surface area contributed by atoms with Crippen molar-refractivity contribution in [2.75, 3.05) is 12.9 Å². The van der Waals surface area contributed by atoms with Crippen molar-refractivity contribution in [1.29, 1.82) is 0 Å². The molecule has 2 aliphatic rings. The van der Waals surface area contributed by atoms with Crippen LogP contribution in [-0.4, -0.2) is 38.0 Å². The molecule has 170 valence electrons. The third-order valence-corrected chi connectivity index (χ3v) is 7.51. The van der Waals surface area contributed by atoms with Gasteiger partial charge in [-0.1, -0.05) is 38.7 Å². The lowest BCUT2D eigenvalue weighted by molar-refractivity contribution is -0.00746. The third-order valence-electron chi connectivity index (χ3n) is 6.78. The summed E-state index contributed by atoms with van der Waals surface area (Å²) in [4.78, 5) is 12.9. The number of hydrogen-bond acceptors (Lipinski definition) is 4. The highest BCUT2D eigenvalue weighted by Crippen LogP contribution is 2.31. The average molecular weight is 439 g/mol. The number of nitrogens with zero attached hydrogens (tertiary/aromatic N) is 1. The van der Waals surface area contributed by atoms with Gasteiger partial charge in [0.15, 0.2) is 0 Å². The van der Waals surface area contributed by atoms with E-state index in [0.29, 0.717) is 25.0 Å². The Kier molecular flexibility index (Phi) is 8.16. The molecule has 0 spiro atoms. The number of pyridine rings is 1. The number of sulfonamides is 1. The van der Waals surface area contributed by atoms with Crippen LogP contribution in [0.15, 0.2) is 16.9 Å². The minimum atomic E-state index is -3.36. The lowest BCUT2D eigenvalue weighted by Gasteiger charge is -2.37. The van der Waals surface area contributed by atoms with E-state index in [2.05, 4.69) is 11.6 Å². The van der Waals surface area contributed by atoms with Crippen molar-refractivity contribution in [2.24, 2.45) is 5.92 Å². The minimum absolute atomic E-state index is 0.0410. The second-order valence-corrected chi connectivity index (χ2v) is 11.0. The van der Waals surface area contributed by atoms with E-state index in [9.17, 15) is 13.2 Å². The van der Waals surface area contributed by atoms with E-state index in [1.807, 2.05) is 12.1 Å². The summed E-state index contributed by atoms with van der Waals surface area (Å²) >= 11 is 0. The molecule has 1 saturated carbocycles. The summed E-state index contributed by atoms with van der Waals surface area (Å²) < 4.78 is 34.7. The molecule has 1 aromatic rings. The number of aryl methyl sites for hydroxylation is 2. The highest BCUT2D eigenvalue weighted by Gasteiger charge is 2.33. The molecule has 0 amide bonds. The van der Waals surface area contributed by atoms with Crippen molar-refractivity contribution in [3.05, 3.63) is 33.7 Å². The number of fused-ring (bicyclic) bond motifs is 1. The molecule has 0 radical (unpaired) electrons. The van der Waals surface area contributed by atoms with Crippen molar-refractivity contribution >= 4 is 10.0 Å². The smallest absolute Gasteiger partial charge is 0.254 e. The van der Waals surface area contributed by atoms with Gasteiger partial charge in [0.2, 0.25) is 10.0 Å². The van der Waals surface area contributed by atoms with Crippen molar-refractivity contribution < 1.29 is 13.2 Å². The molecule has 3 rings (SSSR count). The molecule has 0 aromatic carbocycles. The van der Waals surface area contributed by atoms with Gasteiger partial charge in [0, 0.05) is 17.3 Å². The van der Waals surface area contributed by atoms with E-state index in [1.165, 1.54) is 44.8 Å². The molecule has 1 aromatic heterocycles. The number of rotatable bonds is 9. The van der Waals surface area contributed by atoms with Gasteiger partial charge >= 0.3 is 0 Å². The maximum atomic E-state index is 12.9. The molecular weight excluding hydrogens is 400 g/mol. The Morgan fingerprint density at radius 2 is 1.87 bits per heavy atom. The Hall–Kier alpha value is -1.18.